The lowest BCUT2D eigenvalue weighted by Crippen LogP contribution is -2.52. The maximum atomic E-state index is 11.3. The molecule has 1 fully saturated rings. The van der Waals surface area contributed by atoms with E-state index in [0.29, 0.717) is 12.1 Å². The molecule has 1 atom stereocenters. The highest BCUT2D eigenvalue weighted by atomic mass is 16.5. The molecule has 21 heavy (non-hydrogen) atoms. The second kappa shape index (κ2) is 5.64. The highest BCUT2D eigenvalue weighted by Gasteiger charge is 2.32. The fourth-order valence-electron chi connectivity index (χ4n) is 2.75. The zero-order valence-electron chi connectivity index (χ0n) is 13.4. The molecule has 2 heterocycles. The van der Waals surface area contributed by atoms with Gasteiger partial charge in [-0.05, 0) is 38.8 Å². The van der Waals surface area contributed by atoms with E-state index in [1.807, 2.05) is 34.6 Å². The number of aromatic carboxylic acids is 1. The Morgan fingerprint density at radius 3 is 2.67 bits per heavy atom. The van der Waals surface area contributed by atoms with Gasteiger partial charge in [0.25, 0.3) is 0 Å². The van der Waals surface area contributed by atoms with Crippen molar-refractivity contribution in [2.75, 3.05) is 18.0 Å². The Kier molecular flexibility index (Phi) is 4.23. The third-order valence-electron chi connectivity index (χ3n) is 3.56. The van der Waals surface area contributed by atoms with Crippen molar-refractivity contribution in [3.05, 3.63) is 23.4 Å². The molecule has 2 rings (SSSR count). The van der Waals surface area contributed by atoms with Gasteiger partial charge in [-0.25, -0.2) is 9.78 Å². The van der Waals surface area contributed by atoms with Gasteiger partial charge in [0.05, 0.1) is 17.3 Å². The van der Waals surface area contributed by atoms with Gasteiger partial charge in [-0.15, -0.1) is 0 Å². The highest BCUT2D eigenvalue weighted by Crippen LogP contribution is 2.27. The van der Waals surface area contributed by atoms with Crippen molar-refractivity contribution < 1.29 is 14.6 Å². The molecule has 1 unspecified atom stereocenters. The van der Waals surface area contributed by atoms with Crippen LogP contribution in [0.4, 0.5) is 5.82 Å². The average molecular weight is 292 g/mol. The topological polar surface area (TPSA) is 62.7 Å². The highest BCUT2D eigenvalue weighted by molar-refractivity contribution is 5.88. The van der Waals surface area contributed by atoms with Gasteiger partial charge >= 0.3 is 5.97 Å². The lowest BCUT2D eigenvalue weighted by molar-refractivity contribution is -0.0751. The summed E-state index contributed by atoms with van der Waals surface area (Å²) >= 11 is 0. The maximum absolute atomic E-state index is 11.3. The Morgan fingerprint density at radius 2 is 2.14 bits per heavy atom. The van der Waals surface area contributed by atoms with Crippen LogP contribution in [0.1, 0.15) is 56.6 Å². The minimum Gasteiger partial charge on any atom is -0.478 e. The van der Waals surface area contributed by atoms with Gasteiger partial charge in [-0.3, -0.25) is 0 Å². The van der Waals surface area contributed by atoms with Crippen molar-refractivity contribution in [2.24, 2.45) is 0 Å². The molecule has 0 bridgehead atoms. The molecule has 1 aromatic heterocycles. The van der Waals surface area contributed by atoms with Crippen LogP contribution in [0, 0.1) is 0 Å². The molecule has 0 radical (unpaired) electrons. The molecular weight excluding hydrogens is 268 g/mol. The summed E-state index contributed by atoms with van der Waals surface area (Å²) in [6.45, 7) is 11.6. The van der Waals surface area contributed by atoms with Crippen LogP contribution in [-0.2, 0) is 4.74 Å². The normalized spacial score (nSPS) is 21.6. The van der Waals surface area contributed by atoms with E-state index >= 15 is 0 Å². The van der Waals surface area contributed by atoms with Gasteiger partial charge in [0.15, 0.2) is 0 Å². The van der Waals surface area contributed by atoms with E-state index in [-0.39, 0.29) is 17.6 Å². The zero-order chi connectivity index (χ0) is 15.8. The molecule has 5 nitrogen and oxygen atoms in total. The summed E-state index contributed by atoms with van der Waals surface area (Å²) in [5.41, 5.74) is 0.832. The number of pyridine rings is 1. The molecule has 5 heteroatoms. The summed E-state index contributed by atoms with van der Waals surface area (Å²) in [6.07, 6.45) is 0.0894. The number of hydrogen-bond donors (Lipinski definition) is 1. The van der Waals surface area contributed by atoms with Crippen LogP contribution in [0.5, 0.6) is 0 Å². The van der Waals surface area contributed by atoms with E-state index in [1.54, 1.807) is 12.1 Å². The van der Waals surface area contributed by atoms with Crippen molar-refractivity contribution in [1.82, 2.24) is 4.98 Å². The second-order valence-corrected chi connectivity index (χ2v) is 6.67. The number of hydrogen-bond acceptors (Lipinski definition) is 4. The minimum absolute atomic E-state index is 0.0894. The third-order valence-corrected chi connectivity index (χ3v) is 3.56. The first kappa shape index (κ1) is 15.8. The molecule has 116 valence electrons. The first-order valence-electron chi connectivity index (χ1n) is 7.36. The van der Waals surface area contributed by atoms with Crippen molar-refractivity contribution >= 4 is 11.8 Å². The van der Waals surface area contributed by atoms with Gasteiger partial charge in [-0.1, -0.05) is 13.8 Å². The lowest BCUT2D eigenvalue weighted by atomic mass is 10.0. The Hall–Kier alpha value is -1.62. The molecule has 1 aliphatic heterocycles. The third kappa shape index (κ3) is 3.73. The summed E-state index contributed by atoms with van der Waals surface area (Å²) in [7, 11) is 0. The first-order chi connectivity index (χ1) is 9.68. The van der Waals surface area contributed by atoms with E-state index in [1.165, 1.54) is 0 Å². The van der Waals surface area contributed by atoms with Gasteiger partial charge < -0.3 is 14.7 Å². The zero-order valence-corrected chi connectivity index (χ0v) is 13.4. The maximum Gasteiger partial charge on any atom is 0.335 e. The van der Waals surface area contributed by atoms with Crippen LogP contribution in [-0.4, -0.2) is 40.9 Å². The number of anilines is 1. The molecular formula is C16H24N2O3. The standard InChI is InChI=1S/C16H24N2O3/c1-10(2)13-6-12(15(19)20)7-14(17-13)18-8-11(3)21-16(4,5)9-18/h6-7,10-11H,8-9H2,1-5H3,(H,19,20). The Balaban J connectivity index is 2.40. The van der Waals surface area contributed by atoms with Gasteiger partial charge in [0, 0.05) is 18.8 Å². The van der Waals surface area contributed by atoms with E-state index in [2.05, 4.69) is 9.88 Å². The molecule has 1 aromatic rings. The lowest BCUT2D eigenvalue weighted by Gasteiger charge is -2.42. The van der Waals surface area contributed by atoms with Crippen molar-refractivity contribution in [2.45, 2.75) is 52.2 Å². The van der Waals surface area contributed by atoms with Crippen molar-refractivity contribution in [3.63, 3.8) is 0 Å². The number of nitrogens with zero attached hydrogens (tertiary/aromatic N) is 2. The number of morpholine rings is 1. The van der Waals surface area contributed by atoms with Gasteiger partial charge in [0.1, 0.15) is 5.82 Å². The first-order valence-corrected chi connectivity index (χ1v) is 7.36. The van der Waals surface area contributed by atoms with E-state index in [0.717, 1.165) is 18.1 Å². The van der Waals surface area contributed by atoms with E-state index in [9.17, 15) is 9.90 Å². The van der Waals surface area contributed by atoms with Crippen LogP contribution >= 0.6 is 0 Å². The number of carbonyl (C=O) groups is 1. The molecule has 0 aromatic carbocycles. The van der Waals surface area contributed by atoms with Crippen LogP contribution in [0.25, 0.3) is 0 Å². The predicted octanol–water partition coefficient (Wildman–Crippen LogP) is 2.91. The molecule has 0 spiro atoms. The molecule has 1 saturated heterocycles. The summed E-state index contributed by atoms with van der Waals surface area (Å²) in [5, 5.41) is 9.30. The van der Waals surface area contributed by atoms with Gasteiger partial charge in [0.2, 0.25) is 0 Å². The second-order valence-electron chi connectivity index (χ2n) is 6.67. The smallest absolute Gasteiger partial charge is 0.335 e. The van der Waals surface area contributed by atoms with Crippen LogP contribution in [0.15, 0.2) is 12.1 Å². The minimum atomic E-state index is -0.916. The fourth-order valence-corrected chi connectivity index (χ4v) is 2.75. The number of rotatable bonds is 3. The van der Waals surface area contributed by atoms with Crippen LogP contribution < -0.4 is 4.90 Å². The molecule has 1 aliphatic rings. The van der Waals surface area contributed by atoms with Crippen molar-refractivity contribution in [1.29, 1.82) is 0 Å². The Bertz CT molecular complexity index is 540. The number of carboxylic acid groups (broad SMARTS) is 1. The summed E-state index contributed by atoms with van der Waals surface area (Å²) in [6, 6.07) is 3.31. The Morgan fingerprint density at radius 1 is 1.48 bits per heavy atom. The van der Waals surface area contributed by atoms with Crippen LogP contribution in [0.2, 0.25) is 0 Å². The molecule has 0 saturated carbocycles. The Labute approximate surface area is 125 Å². The quantitative estimate of drug-likeness (QED) is 0.928. The van der Waals surface area contributed by atoms with Crippen molar-refractivity contribution in [3.8, 4) is 0 Å². The van der Waals surface area contributed by atoms with Gasteiger partial charge in [-0.2, -0.15) is 0 Å². The molecule has 1 N–H and O–H groups in total. The summed E-state index contributed by atoms with van der Waals surface area (Å²) in [4.78, 5) is 18.1. The largest absolute Gasteiger partial charge is 0.478 e. The number of aromatic nitrogens is 1. The fraction of sp³-hybridized carbons (Fsp3) is 0.625. The average Bonchev–Trinajstić information content (AvgIpc) is 2.35. The monoisotopic (exact) mass is 292 g/mol. The van der Waals surface area contributed by atoms with Crippen LogP contribution in [0.3, 0.4) is 0 Å². The predicted molar refractivity (Wildman–Crippen MR) is 82.1 cm³/mol. The summed E-state index contributed by atoms with van der Waals surface area (Å²) < 4.78 is 5.89. The SMILES string of the molecule is CC1CN(c2cc(C(=O)O)cc(C(C)C)n2)CC(C)(C)O1. The molecule has 0 amide bonds. The number of ether oxygens (including phenoxy) is 1. The molecule has 0 aliphatic carbocycles. The van der Waals surface area contributed by atoms with E-state index in [4.69, 9.17) is 4.74 Å². The summed E-state index contributed by atoms with van der Waals surface area (Å²) in [5.74, 6) is -0.00235. The number of carboxylic acids is 1. The van der Waals surface area contributed by atoms with E-state index < -0.39 is 5.97 Å².